The van der Waals surface area contributed by atoms with Crippen molar-refractivity contribution in [1.29, 1.82) is 0 Å². The van der Waals surface area contributed by atoms with Gasteiger partial charge in [-0.15, -0.1) is 0 Å². The average Bonchev–Trinajstić information content (AvgIpc) is 2.64. The van der Waals surface area contributed by atoms with Crippen LogP contribution in [0.5, 0.6) is 0 Å². The number of hydrogen-bond donors (Lipinski definition) is 0. The molecule has 0 amide bonds. The SMILES string of the molecule is CCCCCCCC/C=C/c1ccc(C(=O)c2ccccc2)cc1. The lowest BCUT2D eigenvalue weighted by atomic mass is 10.0. The Kier molecular flexibility index (Phi) is 8.03. The summed E-state index contributed by atoms with van der Waals surface area (Å²) in [6, 6.07) is 17.3. The number of carbonyl (C=O) groups is 1. The molecule has 0 unspecified atom stereocenters. The molecule has 0 bridgehead atoms. The highest BCUT2D eigenvalue weighted by Gasteiger charge is 2.07. The van der Waals surface area contributed by atoms with Crippen LogP contribution in [-0.2, 0) is 0 Å². The van der Waals surface area contributed by atoms with Crippen molar-refractivity contribution in [1.82, 2.24) is 0 Å². The number of allylic oxidation sites excluding steroid dienone is 1. The molecule has 0 radical (unpaired) electrons. The molecule has 24 heavy (non-hydrogen) atoms. The molecule has 0 saturated heterocycles. The molecule has 0 atom stereocenters. The van der Waals surface area contributed by atoms with Crippen LogP contribution in [0, 0.1) is 0 Å². The number of carbonyl (C=O) groups excluding carboxylic acids is 1. The van der Waals surface area contributed by atoms with Crippen molar-refractivity contribution in [3.63, 3.8) is 0 Å². The molecule has 0 aliphatic carbocycles. The van der Waals surface area contributed by atoms with Crippen LogP contribution >= 0.6 is 0 Å². The highest BCUT2D eigenvalue weighted by Crippen LogP contribution is 2.13. The van der Waals surface area contributed by atoms with E-state index in [-0.39, 0.29) is 5.78 Å². The topological polar surface area (TPSA) is 17.1 Å². The number of hydrogen-bond acceptors (Lipinski definition) is 1. The van der Waals surface area contributed by atoms with Gasteiger partial charge in [-0.1, -0.05) is 106 Å². The van der Waals surface area contributed by atoms with E-state index in [0.717, 1.165) is 23.1 Å². The molecule has 2 rings (SSSR count). The van der Waals surface area contributed by atoms with E-state index in [1.165, 1.54) is 38.5 Å². The number of rotatable bonds is 10. The Balaban J connectivity index is 1.78. The Morgan fingerprint density at radius 3 is 2.12 bits per heavy atom. The van der Waals surface area contributed by atoms with E-state index in [0.29, 0.717) is 0 Å². The van der Waals surface area contributed by atoms with Gasteiger partial charge in [0.05, 0.1) is 0 Å². The van der Waals surface area contributed by atoms with Gasteiger partial charge in [-0.3, -0.25) is 4.79 Å². The van der Waals surface area contributed by atoms with Gasteiger partial charge in [0.15, 0.2) is 5.78 Å². The summed E-state index contributed by atoms with van der Waals surface area (Å²) in [6.07, 6.45) is 13.5. The van der Waals surface area contributed by atoms with Crippen molar-refractivity contribution >= 4 is 11.9 Å². The van der Waals surface area contributed by atoms with Gasteiger partial charge >= 0.3 is 0 Å². The van der Waals surface area contributed by atoms with Gasteiger partial charge in [0.2, 0.25) is 0 Å². The molecule has 0 aliphatic heterocycles. The van der Waals surface area contributed by atoms with Gasteiger partial charge in [0.1, 0.15) is 0 Å². The second-order valence-electron chi connectivity index (χ2n) is 6.28. The molecule has 0 spiro atoms. The fourth-order valence-corrected chi connectivity index (χ4v) is 2.76. The van der Waals surface area contributed by atoms with Crippen LogP contribution in [0.25, 0.3) is 6.08 Å². The van der Waals surface area contributed by atoms with Crippen LogP contribution < -0.4 is 0 Å². The zero-order chi connectivity index (χ0) is 17.0. The van der Waals surface area contributed by atoms with Gasteiger partial charge in [0, 0.05) is 11.1 Å². The van der Waals surface area contributed by atoms with Crippen LogP contribution in [0.2, 0.25) is 0 Å². The summed E-state index contributed by atoms with van der Waals surface area (Å²) in [5, 5.41) is 0. The fourth-order valence-electron chi connectivity index (χ4n) is 2.76. The maximum atomic E-state index is 12.3. The fraction of sp³-hybridized carbons (Fsp3) is 0.348. The summed E-state index contributed by atoms with van der Waals surface area (Å²) in [6.45, 7) is 2.25. The minimum atomic E-state index is 0.0817. The molecule has 0 aromatic heterocycles. The second-order valence-corrected chi connectivity index (χ2v) is 6.28. The smallest absolute Gasteiger partial charge is 0.193 e. The molecular weight excluding hydrogens is 292 g/mol. The number of unbranched alkanes of at least 4 members (excludes halogenated alkanes) is 6. The van der Waals surface area contributed by atoms with Crippen LogP contribution in [0.4, 0.5) is 0 Å². The molecule has 0 saturated carbocycles. The molecule has 0 aliphatic rings. The quantitative estimate of drug-likeness (QED) is 0.352. The van der Waals surface area contributed by atoms with E-state index < -0.39 is 0 Å². The molecule has 1 nitrogen and oxygen atoms in total. The first kappa shape index (κ1) is 18.2. The van der Waals surface area contributed by atoms with Gasteiger partial charge in [-0.25, -0.2) is 0 Å². The third-order valence-electron chi connectivity index (χ3n) is 4.24. The largest absolute Gasteiger partial charge is 0.289 e. The monoisotopic (exact) mass is 320 g/mol. The van der Waals surface area contributed by atoms with E-state index in [2.05, 4.69) is 19.1 Å². The van der Waals surface area contributed by atoms with Crippen molar-refractivity contribution in [2.75, 3.05) is 0 Å². The predicted octanol–water partition coefficient (Wildman–Crippen LogP) is 6.68. The Morgan fingerprint density at radius 2 is 1.42 bits per heavy atom. The second kappa shape index (κ2) is 10.6. The first-order valence-electron chi connectivity index (χ1n) is 9.17. The minimum absolute atomic E-state index is 0.0817. The Morgan fingerprint density at radius 1 is 0.792 bits per heavy atom. The minimum Gasteiger partial charge on any atom is -0.289 e. The van der Waals surface area contributed by atoms with Gasteiger partial charge in [0.25, 0.3) is 0 Å². The lowest BCUT2D eigenvalue weighted by Crippen LogP contribution is -2.00. The van der Waals surface area contributed by atoms with E-state index in [1.807, 2.05) is 54.6 Å². The number of ketones is 1. The third kappa shape index (κ3) is 6.16. The van der Waals surface area contributed by atoms with Crippen molar-refractivity contribution in [2.24, 2.45) is 0 Å². The number of benzene rings is 2. The van der Waals surface area contributed by atoms with Crippen LogP contribution in [0.3, 0.4) is 0 Å². The van der Waals surface area contributed by atoms with Crippen molar-refractivity contribution in [3.8, 4) is 0 Å². The standard InChI is InChI=1S/C23H28O/c1-2-3-4-5-6-7-8-10-13-20-16-18-22(19-17-20)23(24)21-14-11-9-12-15-21/h9-19H,2-8H2,1H3/b13-10+. The maximum absolute atomic E-state index is 12.3. The zero-order valence-corrected chi connectivity index (χ0v) is 14.7. The lowest BCUT2D eigenvalue weighted by Gasteiger charge is -2.02. The van der Waals surface area contributed by atoms with Crippen molar-refractivity contribution in [2.45, 2.75) is 51.9 Å². The predicted molar refractivity (Wildman–Crippen MR) is 103 cm³/mol. The Hall–Kier alpha value is -2.15. The first-order valence-corrected chi connectivity index (χ1v) is 9.17. The molecule has 126 valence electrons. The summed E-state index contributed by atoms with van der Waals surface area (Å²) in [5.74, 6) is 0.0817. The summed E-state index contributed by atoms with van der Waals surface area (Å²) < 4.78 is 0. The van der Waals surface area contributed by atoms with E-state index in [9.17, 15) is 4.79 Å². The zero-order valence-electron chi connectivity index (χ0n) is 14.7. The van der Waals surface area contributed by atoms with E-state index in [1.54, 1.807) is 0 Å². The van der Waals surface area contributed by atoms with E-state index >= 15 is 0 Å². The maximum Gasteiger partial charge on any atom is 0.193 e. The van der Waals surface area contributed by atoms with Crippen LogP contribution in [0.1, 0.15) is 73.4 Å². The van der Waals surface area contributed by atoms with Gasteiger partial charge < -0.3 is 0 Å². The highest BCUT2D eigenvalue weighted by atomic mass is 16.1. The average molecular weight is 320 g/mol. The van der Waals surface area contributed by atoms with E-state index in [4.69, 9.17) is 0 Å². The Labute approximate surface area is 146 Å². The molecule has 2 aromatic carbocycles. The normalized spacial score (nSPS) is 11.0. The molecular formula is C23H28O. The van der Waals surface area contributed by atoms with Crippen LogP contribution in [-0.4, -0.2) is 5.78 Å². The molecule has 0 N–H and O–H groups in total. The summed E-state index contributed by atoms with van der Waals surface area (Å²) in [5.41, 5.74) is 2.64. The first-order chi connectivity index (χ1) is 11.8. The summed E-state index contributed by atoms with van der Waals surface area (Å²) >= 11 is 0. The van der Waals surface area contributed by atoms with Gasteiger partial charge in [-0.05, 0) is 18.4 Å². The molecule has 1 heteroatoms. The molecule has 0 fully saturated rings. The third-order valence-corrected chi connectivity index (χ3v) is 4.24. The Bertz CT molecular complexity index is 623. The molecule has 2 aromatic rings. The molecule has 0 heterocycles. The van der Waals surface area contributed by atoms with Crippen molar-refractivity contribution < 1.29 is 4.79 Å². The summed E-state index contributed by atoms with van der Waals surface area (Å²) in [4.78, 5) is 12.3. The van der Waals surface area contributed by atoms with Crippen molar-refractivity contribution in [3.05, 3.63) is 77.4 Å². The van der Waals surface area contributed by atoms with Crippen LogP contribution in [0.15, 0.2) is 60.7 Å². The lowest BCUT2D eigenvalue weighted by molar-refractivity contribution is 0.103. The summed E-state index contributed by atoms with van der Waals surface area (Å²) in [7, 11) is 0. The van der Waals surface area contributed by atoms with Gasteiger partial charge in [-0.2, -0.15) is 0 Å². The highest BCUT2D eigenvalue weighted by molar-refractivity contribution is 6.09.